The van der Waals surface area contributed by atoms with E-state index in [2.05, 4.69) is 10.6 Å². The van der Waals surface area contributed by atoms with Crippen molar-refractivity contribution in [3.05, 3.63) is 53.1 Å². The maximum atomic E-state index is 12.3. The third kappa shape index (κ3) is 5.15. The van der Waals surface area contributed by atoms with Gasteiger partial charge in [-0.3, -0.25) is 9.59 Å². The van der Waals surface area contributed by atoms with Gasteiger partial charge in [0, 0.05) is 0 Å². The van der Waals surface area contributed by atoms with Crippen molar-refractivity contribution in [1.82, 2.24) is 5.32 Å². The molecule has 28 heavy (non-hydrogen) atoms. The van der Waals surface area contributed by atoms with Crippen molar-refractivity contribution < 1.29 is 24.0 Å². The second-order valence-corrected chi connectivity index (χ2v) is 7.15. The fourth-order valence-corrected chi connectivity index (χ4v) is 3.11. The highest BCUT2D eigenvalue weighted by Crippen LogP contribution is 2.34. The highest BCUT2D eigenvalue weighted by atomic mass is 35.5. The number of rotatable bonds is 7. The lowest BCUT2D eigenvalue weighted by atomic mass is 10.1. The van der Waals surface area contributed by atoms with E-state index in [4.69, 9.17) is 21.1 Å². The lowest BCUT2D eigenvalue weighted by Gasteiger charge is -2.17. The highest BCUT2D eigenvalue weighted by Gasteiger charge is 2.19. The van der Waals surface area contributed by atoms with Gasteiger partial charge in [-0.25, -0.2) is 0 Å². The molecule has 0 radical (unpaired) electrons. The number of anilines is 1. The molecule has 2 aromatic carbocycles. The SMILES string of the molecule is C[C@@H](NC(=O)C[NH+](C)CC(=O)Nc1ccccc1Cl)c1ccc2c(c1)OCO2. The molecule has 1 unspecified atom stereocenters. The minimum absolute atomic E-state index is 0.145. The first kappa shape index (κ1) is 20.0. The van der Waals surface area contributed by atoms with Crippen LogP contribution < -0.4 is 25.0 Å². The van der Waals surface area contributed by atoms with E-state index < -0.39 is 0 Å². The maximum Gasteiger partial charge on any atom is 0.279 e. The quantitative estimate of drug-likeness (QED) is 0.651. The van der Waals surface area contributed by atoms with E-state index in [1.807, 2.05) is 25.1 Å². The van der Waals surface area contributed by atoms with Gasteiger partial charge < -0.3 is 25.0 Å². The number of hydrogen-bond acceptors (Lipinski definition) is 4. The van der Waals surface area contributed by atoms with Gasteiger partial charge in [0.05, 0.1) is 23.8 Å². The third-order valence-corrected chi connectivity index (χ3v) is 4.68. The van der Waals surface area contributed by atoms with E-state index in [0.717, 1.165) is 10.5 Å². The number of carbonyl (C=O) groups is 2. The van der Waals surface area contributed by atoms with Crippen LogP contribution >= 0.6 is 11.6 Å². The Hall–Kier alpha value is -2.77. The van der Waals surface area contributed by atoms with E-state index in [0.29, 0.717) is 22.2 Å². The smallest absolute Gasteiger partial charge is 0.279 e. The van der Waals surface area contributed by atoms with E-state index in [1.165, 1.54) is 0 Å². The summed E-state index contributed by atoms with van der Waals surface area (Å²) in [5.41, 5.74) is 1.48. The lowest BCUT2D eigenvalue weighted by molar-refractivity contribution is -0.862. The number of ether oxygens (including phenoxy) is 2. The Morgan fingerprint density at radius 3 is 2.61 bits per heavy atom. The zero-order valence-corrected chi connectivity index (χ0v) is 16.5. The predicted octanol–water partition coefficient (Wildman–Crippen LogP) is 1.40. The van der Waals surface area contributed by atoms with E-state index in [9.17, 15) is 9.59 Å². The van der Waals surface area contributed by atoms with Gasteiger partial charge in [-0.15, -0.1) is 0 Å². The molecule has 0 aliphatic carbocycles. The molecule has 3 N–H and O–H groups in total. The normalized spacial score (nSPS) is 14.2. The minimum atomic E-state index is -0.206. The molecule has 2 aromatic rings. The fourth-order valence-electron chi connectivity index (χ4n) is 2.93. The monoisotopic (exact) mass is 404 g/mol. The standard InChI is InChI=1S/C20H22ClN3O4/c1-13(14-7-8-17-18(9-14)28-12-27-17)22-19(25)10-24(2)11-20(26)23-16-6-4-3-5-15(16)21/h3-9,13H,10-12H2,1-2H3,(H,22,25)(H,23,26)/p+1/t13-/m1/s1. The summed E-state index contributed by atoms with van der Waals surface area (Å²) in [5, 5.41) is 6.17. The Labute approximate surface area is 168 Å². The first-order valence-corrected chi connectivity index (χ1v) is 9.35. The van der Waals surface area contributed by atoms with Gasteiger partial charge in [-0.2, -0.15) is 0 Å². The molecule has 0 bridgehead atoms. The van der Waals surface area contributed by atoms with Crippen LogP contribution in [0.25, 0.3) is 0 Å². The summed E-state index contributed by atoms with van der Waals surface area (Å²) in [6, 6.07) is 12.4. The molecule has 7 nitrogen and oxygen atoms in total. The molecular weight excluding hydrogens is 382 g/mol. The molecule has 2 atom stereocenters. The number of hydrogen-bond donors (Lipinski definition) is 3. The summed E-state index contributed by atoms with van der Waals surface area (Å²) in [7, 11) is 1.79. The number of likely N-dealkylation sites (N-methyl/N-ethyl adjacent to an activating group) is 1. The van der Waals surface area contributed by atoms with E-state index >= 15 is 0 Å². The molecular formula is C20H23ClN3O4+. The number of fused-ring (bicyclic) bond motifs is 1. The van der Waals surface area contributed by atoms with Crippen LogP contribution in [0.1, 0.15) is 18.5 Å². The number of para-hydroxylation sites is 1. The Morgan fingerprint density at radius 2 is 1.82 bits per heavy atom. The predicted molar refractivity (Wildman–Crippen MR) is 106 cm³/mol. The van der Waals surface area contributed by atoms with Crippen LogP contribution in [0, 0.1) is 0 Å². The zero-order chi connectivity index (χ0) is 20.1. The van der Waals surface area contributed by atoms with Crippen molar-refractivity contribution in [1.29, 1.82) is 0 Å². The van der Waals surface area contributed by atoms with Gasteiger partial charge in [0.15, 0.2) is 24.6 Å². The molecule has 0 spiro atoms. The van der Waals surface area contributed by atoms with Crippen molar-refractivity contribution in [2.45, 2.75) is 13.0 Å². The number of benzene rings is 2. The van der Waals surface area contributed by atoms with Crippen LogP contribution in [-0.2, 0) is 9.59 Å². The number of nitrogens with one attached hydrogen (secondary N) is 3. The van der Waals surface area contributed by atoms with Crippen LogP contribution in [0.15, 0.2) is 42.5 Å². The molecule has 0 aromatic heterocycles. The molecule has 148 valence electrons. The van der Waals surface area contributed by atoms with Gasteiger partial charge in [0.1, 0.15) is 0 Å². The zero-order valence-electron chi connectivity index (χ0n) is 15.8. The van der Waals surface area contributed by atoms with Crippen molar-refractivity contribution >= 4 is 29.1 Å². The number of carbonyl (C=O) groups excluding carboxylic acids is 2. The second-order valence-electron chi connectivity index (χ2n) is 6.74. The largest absolute Gasteiger partial charge is 0.454 e. The molecule has 2 amide bonds. The molecule has 8 heteroatoms. The van der Waals surface area contributed by atoms with Gasteiger partial charge in [-0.1, -0.05) is 29.8 Å². The summed E-state index contributed by atoms with van der Waals surface area (Å²) in [5.74, 6) is 1.03. The lowest BCUT2D eigenvalue weighted by Crippen LogP contribution is -3.11. The first-order chi connectivity index (χ1) is 13.4. The van der Waals surface area contributed by atoms with Crippen molar-refractivity contribution in [2.24, 2.45) is 0 Å². The van der Waals surface area contributed by atoms with Crippen LogP contribution in [0.5, 0.6) is 11.5 Å². The van der Waals surface area contributed by atoms with Crippen LogP contribution in [-0.4, -0.2) is 38.7 Å². The molecule has 0 saturated carbocycles. The molecule has 1 aliphatic heterocycles. The molecule has 0 saturated heterocycles. The number of quaternary nitrogens is 1. The second kappa shape index (κ2) is 8.95. The first-order valence-electron chi connectivity index (χ1n) is 8.97. The molecule has 1 heterocycles. The Bertz CT molecular complexity index is 874. The summed E-state index contributed by atoms with van der Waals surface area (Å²) < 4.78 is 10.7. The molecule has 0 fully saturated rings. The number of halogens is 1. The third-order valence-electron chi connectivity index (χ3n) is 4.35. The summed E-state index contributed by atoms with van der Waals surface area (Å²) in [4.78, 5) is 25.2. The van der Waals surface area contributed by atoms with Crippen molar-refractivity contribution in [2.75, 3.05) is 32.2 Å². The molecule has 3 rings (SSSR count). The Balaban J connectivity index is 1.47. The Morgan fingerprint density at radius 1 is 1.11 bits per heavy atom. The van der Waals surface area contributed by atoms with Crippen LogP contribution in [0.4, 0.5) is 5.69 Å². The van der Waals surface area contributed by atoms with Crippen LogP contribution in [0.3, 0.4) is 0 Å². The summed E-state index contributed by atoms with van der Waals surface area (Å²) in [6.07, 6.45) is 0. The average Bonchev–Trinajstić information content (AvgIpc) is 3.11. The summed E-state index contributed by atoms with van der Waals surface area (Å²) >= 11 is 6.04. The number of amides is 2. The van der Waals surface area contributed by atoms with Crippen molar-refractivity contribution in [3.63, 3.8) is 0 Å². The minimum Gasteiger partial charge on any atom is -0.454 e. The topological polar surface area (TPSA) is 81.1 Å². The average molecular weight is 405 g/mol. The Kier molecular flexibility index (Phi) is 6.38. The van der Waals surface area contributed by atoms with Gasteiger partial charge in [-0.05, 0) is 36.8 Å². The highest BCUT2D eigenvalue weighted by molar-refractivity contribution is 6.33. The fraction of sp³-hybridized carbons (Fsp3) is 0.300. The van der Waals surface area contributed by atoms with Gasteiger partial charge in [0.25, 0.3) is 11.8 Å². The molecule has 1 aliphatic rings. The van der Waals surface area contributed by atoms with Gasteiger partial charge in [0.2, 0.25) is 6.79 Å². The maximum absolute atomic E-state index is 12.3. The van der Waals surface area contributed by atoms with E-state index in [-0.39, 0.29) is 37.7 Å². The van der Waals surface area contributed by atoms with Crippen LogP contribution in [0.2, 0.25) is 5.02 Å². The van der Waals surface area contributed by atoms with E-state index in [1.54, 1.807) is 31.3 Å². The van der Waals surface area contributed by atoms with Crippen molar-refractivity contribution in [3.8, 4) is 11.5 Å². The summed E-state index contributed by atoms with van der Waals surface area (Å²) in [6.45, 7) is 2.43. The van der Waals surface area contributed by atoms with Gasteiger partial charge >= 0.3 is 0 Å².